The Morgan fingerprint density at radius 2 is 0.731 bits per heavy atom. The zero-order chi connectivity index (χ0) is 18.7. The van der Waals surface area contributed by atoms with Gasteiger partial charge >= 0.3 is 0 Å². The number of hydrogen-bond donors (Lipinski definition) is 0. The fraction of sp³-hybridized carbons (Fsp3) is 1.00. The molecule has 0 radical (unpaired) electrons. The molecule has 0 aromatic rings. The summed E-state index contributed by atoms with van der Waals surface area (Å²) in [6, 6.07) is 0. The van der Waals surface area contributed by atoms with Gasteiger partial charge in [-0.15, -0.1) is 0 Å². The van der Waals surface area contributed by atoms with E-state index in [1.807, 2.05) is 0 Å². The van der Waals surface area contributed by atoms with Gasteiger partial charge in [-0.3, -0.25) is 0 Å². The summed E-state index contributed by atoms with van der Waals surface area (Å²) in [4.78, 5) is 4.63. The molecule has 1 aliphatic rings. The van der Waals surface area contributed by atoms with Crippen LogP contribution in [0.15, 0.2) is 0 Å². The second kappa shape index (κ2) is 18.1. The molecule has 7 nitrogen and oxygen atoms in total. The Balaban J connectivity index is 2.13. The number of rotatable bonds is 0. The molecule has 0 bridgehead atoms. The zero-order valence-corrected chi connectivity index (χ0v) is 17.0. The van der Waals surface area contributed by atoms with E-state index in [2.05, 4.69) is 23.9 Å². The standard InChI is InChI=1S/C19H40N2O5/c1-20-7-3-11-22-15-16-23-12-4-9-21(2)10-6-14-25-19-26-18-17-24-13-5-8-20/h3-19H2,1-2H3. The van der Waals surface area contributed by atoms with Gasteiger partial charge in [0.15, 0.2) is 0 Å². The van der Waals surface area contributed by atoms with Gasteiger partial charge < -0.3 is 33.5 Å². The maximum Gasteiger partial charge on any atom is 0.146 e. The summed E-state index contributed by atoms with van der Waals surface area (Å²) in [5.74, 6) is 0. The van der Waals surface area contributed by atoms with Crippen molar-refractivity contribution in [3.05, 3.63) is 0 Å². The van der Waals surface area contributed by atoms with Crippen molar-refractivity contribution >= 4 is 0 Å². The highest BCUT2D eigenvalue weighted by Gasteiger charge is 2.01. The molecule has 1 rings (SSSR count). The van der Waals surface area contributed by atoms with Crippen LogP contribution in [0.5, 0.6) is 0 Å². The maximum absolute atomic E-state index is 5.63. The largest absolute Gasteiger partial charge is 0.379 e. The van der Waals surface area contributed by atoms with E-state index in [9.17, 15) is 0 Å². The van der Waals surface area contributed by atoms with Gasteiger partial charge in [0, 0.05) is 46.0 Å². The molecule has 1 aliphatic heterocycles. The lowest BCUT2D eigenvalue weighted by molar-refractivity contribution is -0.0708. The van der Waals surface area contributed by atoms with Crippen LogP contribution in [0.1, 0.15) is 25.7 Å². The molecule has 26 heavy (non-hydrogen) atoms. The highest BCUT2D eigenvalue weighted by atomic mass is 16.7. The van der Waals surface area contributed by atoms with Crippen LogP contribution in [0.3, 0.4) is 0 Å². The SMILES string of the molecule is CN1CCCOCCOCCCN(C)CCCOCOCCOCCC1. The van der Waals surface area contributed by atoms with E-state index in [0.717, 1.165) is 78.3 Å². The summed E-state index contributed by atoms with van der Waals surface area (Å²) in [5.41, 5.74) is 0. The van der Waals surface area contributed by atoms with Crippen LogP contribution in [-0.4, -0.2) is 110 Å². The molecule has 0 amide bonds. The molecular formula is C19H40N2O5. The first-order valence-electron chi connectivity index (χ1n) is 10.0. The average molecular weight is 377 g/mol. The van der Waals surface area contributed by atoms with E-state index < -0.39 is 0 Å². The second-order valence-corrected chi connectivity index (χ2v) is 6.79. The Labute approximate surface area is 159 Å². The smallest absolute Gasteiger partial charge is 0.146 e. The summed E-state index contributed by atoms with van der Waals surface area (Å²) in [6.45, 7) is 10.2. The lowest BCUT2D eigenvalue weighted by Gasteiger charge is -2.17. The fourth-order valence-corrected chi connectivity index (χ4v) is 2.69. The van der Waals surface area contributed by atoms with E-state index in [0.29, 0.717) is 33.2 Å². The maximum atomic E-state index is 5.63. The lowest BCUT2D eigenvalue weighted by Crippen LogP contribution is -2.24. The Kier molecular flexibility index (Phi) is 16.5. The molecule has 0 unspecified atom stereocenters. The quantitative estimate of drug-likeness (QED) is 0.634. The summed E-state index contributed by atoms with van der Waals surface area (Å²) < 4.78 is 27.7. The molecule has 0 aliphatic carbocycles. The molecule has 1 saturated heterocycles. The van der Waals surface area contributed by atoms with E-state index in [1.54, 1.807) is 0 Å². The highest BCUT2D eigenvalue weighted by molar-refractivity contribution is 4.53. The van der Waals surface area contributed by atoms with Crippen LogP contribution in [0.25, 0.3) is 0 Å². The predicted octanol–water partition coefficient (Wildman–Crippen LogP) is 1.46. The van der Waals surface area contributed by atoms with Gasteiger partial charge in [-0.05, 0) is 39.8 Å². The van der Waals surface area contributed by atoms with Gasteiger partial charge in [0.1, 0.15) is 6.79 Å². The Morgan fingerprint density at radius 3 is 1.15 bits per heavy atom. The van der Waals surface area contributed by atoms with Gasteiger partial charge in [-0.1, -0.05) is 0 Å². The van der Waals surface area contributed by atoms with Crippen molar-refractivity contribution in [2.75, 3.05) is 99.9 Å². The zero-order valence-electron chi connectivity index (χ0n) is 17.0. The molecule has 0 N–H and O–H groups in total. The topological polar surface area (TPSA) is 52.6 Å². The number of ether oxygens (including phenoxy) is 5. The van der Waals surface area contributed by atoms with Crippen LogP contribution < -0.4 is 0 Å². The fourth-order valence-electron chi connectivity index (χ4n) is 2.69. The van der Waals surface area contributed by atoms with E-state index in [4.69, 9.17) is 23.7 Å². The highest BCUT2D eigenvalue weighted by Crippen LogP contribution is 1.95. The van der Waals surface area contributed by atoms with Crippen molar-refractivity contribution in [1.29, 1.82) is 0 Å². The monoisotopic (exact) mass is 376 g/mol. The normalized spacial score (nSPS) is 24.7. The Bertz CT molecular complexity index is 269. The molecule has 0 aromatic heterocycles. The molecule has 0 aromatic carbocycles. The van der Waals surface area contributed by atoms with Crippen molar-refractivity contribution < 1.29 is 23.7 Å². The molecule has 0 atom stereocenters. The first-order valence-corrected chi connectivity index (χ1v) is 10.0. The Morgan fingerprint density at radius 1 is 0.423 bits per heavy atom. The molecule has 156 valence electrons. The summed E-state index contributed by atoms with van der Waals surface area (Å²) in [7, 11) is 4.28. The molecule has 0 spiro atoms. The van der Waals surface area contributed by atoms with Gasteiger partial charge in [0.2, 0.25) is 0 Å². The summed E-state index contributed by atoms with van der Waals surface area (Å²) in [6.07, 6.45) is 4.15. The Hall–Kier alpha value is -0.280. The number of hydrogen-bond acceptors (Lipinski definition) is 7. The minimum atomic E-state index is 0.353. The van der Waals surface area contributed by atoms with Crippen LogP contribution in [0, 0.1) is 0 Å². The summed E-state index contributed by atoms with van der Waals surface area (Å²) in [5, 5.41) is 0. The lowest BCUT2D eigenvalue weighted by atomic mass is 10.3. The molecule has 1 fully saturated rings. The van der Waals surface area contributed by atoms with Gasteiger partial charge in [0.05, 0.1) is 33.0 Å². The summed E-state index contributed by atoms with van der Waals surface area (Å²) >= 11 is 0. The van der Waals surface area contributed by atoms with Crippen LogP contribution in [0.4, 0.5) is 0 Å². The van der Waals surface area contributed by atoms with Crippen molar-refractivity contribution in [1.82, 2.24) is 9.80 Å². The van der Waals surface area contributed by atoms with Gasteiger partial charge in [-0.25, -0.2) is 0 Å². The second-order valence-electron chi connectivity index (χ2n) is 6.79. The predicted molar refractivity (Wildman–Crippen MR) is 103 cm³/mol. The van der Waals surface area contributed by atoms with Crippen molar-refractivity contribution in [2.45, 2.75) is 25.7 Å². The first-order chi connectivity index (χ1) is 12.8. The van der Waals surface area contributed by atoms with Crippen molar-refractivity contribution in [3.63, 3.8) is 0 Å². The van der Waals surface area contributed by atoms with E-state index >= 15 is 0 Å². The third kappa shape index (κ3) is 15.9. The third-order valence-electron chi connectivity index (χ3n) is 4.22. The van der Waals surface area contributed by atoms with Gasteiger partial charge in [0.25, 0.3) is 0 Å². The molecule has 7 heteroatoms. The van der Waals surface area contributed by atoms with Crippen molar-refractivity contribution in [3.8, 4) is 0 Å². The molecular weight excluding hydrogens is 336 g/mol. The first kappa shape index (κ1) is 23.8. The number of nitrogens with zero attached hydrogens (tertiary/aromatic N) is 2. The average Bonchev–Trinajstić information content (AvgIpc) is 2.63. The molecule has 0 saturated carbocycles. The van der Waals surface area contributed by atoms with Crippen LogP contribution in [0.2, 0.25) is 0 Å². The van der Waals surface area contributed by atoms with Crippen molar-refractivity contribution in [2.24, 2.45) is 0 Å². The molecule has 1 heterocycles. The van der Waals surface area contributed by atoms with Crippen LogP contribution >= 0.6 is 0 Å². The van der Waals surface area contributed by atoms with Gasteiger partial charge in [-0.2, -0.15) is 0 Å². The third-order valence-corrected chi connectivity index (χ3v) is 4.22. The minimum absolute atomic E-state index is 0.353. The van der Waals surface area contributed by atoms with E-state index in [-0.39, 0.29) is 0 Å². The van der Waals surface area contributed by atoms with E-state index in [1.165, 1.54) is 0 Å². The minimum Gasteiger partial charge on any atom is -0.379 e. The van der Waals surface area contributed by atoms with Crippen LogP contribution in [-0.2, 0) is 23.7 Å².